The highest BCUT2D eigenvalue weighted by Gasteiger charge is 2.58. The molecule has 3 rings (SSSR count). The average Bonchev–Trinajstić information content (AvgIpc) is 2.80. The van der Waals surface area contributed by atoms with E-state index in [-0.39, 0.29) is 19.4 Å². The van der Waals surface area contributed by atoms with Gasteiger partial charge in [-0.05, 0) is 12.8 Å². The maximum absolute atomic E-state index is 12.3. The molecule has 3 aliphatic rings. The first-order valence-electron chi connectivity index (χ1n) is 10.4. The molecule has 0 saturated carbocycles. The third-order valence-corrected chi connectivity index (χ3v) is 5.94. The zero-order chi connectivity index (χ0) is 24.5. The molecule has 3 heterocycles. The molecule has 2 unspecified atom stereocenters. The van der Waals surface area contributed by atoms with Gasteiger partial charge in [0, 0.05) is 0 Å². The lowest BCUT2D eigenvalue weighted by Gasteiger charge is -2.47. The summed E-state index contributed by atoms with van der Waals surface area (Å²) < 4.78 is 26.8. The predicted octanol–water partition coefficient (Wildman–Crippen LogP) is -5.42. The summed E-state index contributed by atoms with van der Waals surface area (Å²) in [6.07, 6.45) is -18.3. The summed E-state index contributed by atoms with van der Waals surface area (Å²) in [4.78, 5) is 12.3. The van der Waals surface area contributed by atoms with Crippen molar-refractivity contribution in [1.29, 1.82) is 0 Å². The summed E-state index contributed by atoms with van der Waals surface area (Å²) in [6.45, 7) is -1.65. The molecule has 0 aliphatic carbocycles. The van der Waals surface area contributed by atoms with Crippen molar-refractivity contribution in [2.45, 2.75) is 86.1 Å². The average molecular weight is 486 g/mol. The zero-order valence-corrected chi connectivity index (χ0v) is 17.4. The second kappa shape index (κ2) is 10.7. The first kappa shape index (κ1) is 26.6. The van der Waals surface area contributed by atoms with Crippen LogP contribution in [0.25, 0.3) is 0 Å². The van der Waals surface area contributed by atoms with Crippen molar-refractivity contribution in [2.24, 2.45) is 0 Å². The van der Waals surface area contributed by atoms with E-state index in [4.69, 9.17) is 23.7 Å². The third-order valence-electron chi connectivity index (χ3n) is 5.94. The van der Waals surface area contributed by atoms with Gasteiger partial charge in [0.15, 0.2) is 12.6 Å². The van der Waals surface area contributed by atoms with Crippen LogP contribution in [-0.4, -0.2) is 145 Å². The second-order valence-corrected chi connectivity index (χ2v) is 8.10. The summed E-state index contributed by atoms with van der Waals surface area (Å²) in [6, 6.07) is 0. The summed E-state index contributed by atoms with van der Waals surface area (Å²) in [7, 11) is 0. The minimum atomic E-state index is -2.66. The van der Waals surface area contributed by atoms with E-state index in [2.05, 4.69) is 0 Å². The Bertz CT molecular complexity index is 661. The van der Waals surface area contributed by atoms with Gasteiger partial charge in [-0.25, -0.2) is 4.79 Å². The van der Waals surface area contributed by atoms with Gasteiger partial charge in [-0.15, -0.1) is 0 Å². The normalized spacial score (nSPS) is 49.0. The smallest absolute Gasteiger partial charge is 0.367 e. The molecular formula is C18H30O15. The molecule has 33 heavy (non-hydrogen) atoms. The lowest BCUT2D eigenvalue weighted by Crippen LogP contribution is -2.67. The van der Waals surface area contributed by atoms with Crippen LogP contribution in [0.3, 0.4) is 0 Å². The monoisotopic (exact) mass is 486 g/mol. The highest BCUT2D eigenvalue weighted by Crippen LogP contribution is 2.36. The molecule has 192 valence electrons. The molecule has 3 aliphatic heterocycles. The first-order valence-corrected chi connectivity index (χ1v) is 10.4. The van der Waals surface area contributed by atoms with E-state index in [1.807, 2.05) is 0 Å². The molecule has 0 aromatic heterocycles. The highest BCUT2D eigenvalue weighted by molar-refractivity contribution is 5.76. The van der Waals surface area contributed by atoms with E-state index in [1.54, 1.807) is 0 Å². The minimum absolute atomic E-state index is 0.0290. The van der Waals surface area contributed by atoms with E-state index < -0.39 is 92.5 Å². The number of aliphatic carboxylic acids is 1. The zero-order valence-electron chi connectivity index (χ0n) is 17.4. The third kappa shape index (κ3) is 5.01. The van der Waals surface area contributed by atoms with Gasteiger partial charge in [0.05, 0.1) is 19.8 Å². The molecule has 3 fully saturated rings. The summed E-state index contributed by atoms with van der Waals surface area (Å²) in [5.74, 6) is -4.39. The van der Waals surface area contributed by atoms with Crippen molar-refractivity contribution in [3.63, 3.8) is 0 Å². The van der Waals surface area contributed by atoms with Gasteiger partial charge in [0.1, 0.15) is 54.9 Å². The maximum atomic E-state index is 12.3. The summed E-state index contributed by atoms with van der Waals surface area (Å²) in [5.41, 5.74) is 0. The molecule has 0 bridgehead atoms. The van der Waals surface area contributed by atoms with Crippen LogP contribution in [0.5, 0.6) is 0 Å². The van der Waals surface area contributed by atoms with Crippen LogP contribution in [0.4, 0.5) is 0 Å². The standard InChI is InChI=1S/C18H30O15/c19-4-6-9(21)11(23)13(25)15(30-6)32-8-2-1-3-29-18(8,17(27)28)33-16-14(26)12(24)10(22)7(5-20)31-16/h6-16,19-26H,1-5H2,(H,27,28)/t6-,7-,8?,9-,10-,11+,12+,13-,14-,15+,16+,18?/m1/s1. The number of hydrogen-bond acceptors (Lipinski definition) is 14. The fourth-order valence-electron chi connectivity index (χ4n) is 3.97. The number of aliphatic hydroxyl groups excluding tert-OH is 8. The van der Waals surface area contributed by atoms with Crippen LogP contribution in [0, 0.1) is 0 Å². The Morgan fingerprint density at radius 3 is 1.85 bits per heavy atom. The SMILES string of the molecule is O=C(O)C1(O[C@@H]2O[C@H](CO)[C@@H](O)[C@H](O)[C@H]2O)OCCCC1O[C@@H]1O[C@H](CO)[C@@H](O)[C@H](O)[C@H]1O. The molecule has 3 saturated heterocycles. The lowest BCUT2D eigenvalue weighted by atomic mass is 9.97. The molecule has 0 aromatic rings. The van der Waals surface area contributed by atoms with Gasteiger partial charge in [0.2, 0.25) is 0 Å². The number of ether oxygens (including phenoxy) is 5. The molecule has 15 nitrogen and oxygen atoms in total. The molecule has 0 aromatic carbocycles. The number of carboxylic acid groups (broad SMARTS) is 1. The Morgan fingerprint density at radius 2 is 1.33 bits per heavy atom. The van der Waals surface area contributed by atoms with Crippen molar-refractivity contribution < 1.29 is 74.4 Å². The van der Waals surface area contributed by atoms with E-state index >= 15 is 0 Å². The van der Waals surface area contributed by atoms with Crippen LogP contribution in [0.1, 0.15) is 12.8 Å². The topological polar surface area (TPSA) is 245 Å². The Labute approximate surface area is 187 Å². The summed E-state index contributed by atoms with van der Waals surface area (Å²) >= 11 is 0. The van der Waals surface area contributed by atoms with Crippen molar-refractivity contribution in [3.8, 4) is 0 Å². The maximum Gasteiger partial charge on any atom is 0.367 e. The highest BCUT2D eigenvalue weighted by atomic mass is 16.8. The quantitative estimate of drug-likeness (QED) is 0.163. The number of carboxylic acids is 1. The van der Waals surface area contributed by atoms with Crippen LogP contribution >= 0.6 is 0 Å². The molecular weight excluding hydrogens is 456 g/mol. The molecule has 0 spiro atoms. The molecule has 0 radical (unpaired) electrons. The number of carbonyl (C=O) groups is 1. The Kier molecular flexibility index (Phi) is 8.61. The van der Waals surface area contributed by atoms with Gasteiger partial charge in [0.25, 0.3) is 5.79 Å². The fourth-order valence-corrected chi connectivity index (χ4v) is 3.97. The van der Waals surface area contributed by atoms with E-state index in [0.717, 1.165) is 0 Å². The van der Waals surface area contributed by atoms with Gasteiger partial charge >= 0.3 is 5.97 Å². The van der Waals surface area contributed by atoms with Gasteiger partial charge < -0.3 is 69.6 Å². The van der Waals surface area contributed by atoms with Gasteiger partial charge in [-0.2, -0.15) is 0 Å². The second-order valence-electron chi connectivity index (χ2n) is 8.10. The predicted molar refractivity (Wildman–Crippen MR) is 99.0 cm³/mol. The van der Waals surface area contributed by atoms with E-state index in [9.17, 15) is 50.8 Å². The van der Waals surface area contributed by atoms with Crippen LogP contribution in [-0.2, 0) is 28.5 Å². The molecule has 9 N–H and O–H groups in total. The molecule has 0 amide bonds. The van der Waals surface area contributed by atoms with Crippen molar-refractivity contribution in [3.05, 3.63) is 0 Å². The largest absolute Gasteiger partial charge is 0.477 e. The number of aliphatic hydroxyl groups is 8. The van der Waals surface area contributed by atoms with Crippen molar-refractivity contribution >= 4 is 5.97 Å². The lowest BCUT2D eigenvalue weighted by molar-refractivity contribution is -0.404. The molecule has 12 atom stereocenters. The minimum Gasteiger partial charge on any atom is -0.477 e. The van der Waals surface area contributed by atoms with Gasteiger partial charge in [-0.1, -0.05) is 0 Å². The Balaban J connectivity index is 1.84. The van der Waals surface area contributed by atoms with Crippen LogP contribution in [0.2, 0.25) is 0 Å². The van der Waals surface area contributed by atoms with Gasteiger partial charge in [-0.3, -0.25) is 0 Å². The van der Waals surface area contributed by atoms with E-state index in [1.165, 1.54) is 0 Å². The first-order chi connectivity index (χ1) is 15.6. The van der Waals surface area contributed by atoms with Crippen molar-refractivity contribution in [2.75, 3.05) is 19.8 Å². The van der Waals surface area contributed by atoms with Crippen LogP contribution < -0.4 is 0 Å². The Hall–Kier alpha value is -1.05. The van der Waals surface area contributed by atoms with Crippen LogP contribution in [0.15, 0.2) is 0 Å². The number of hydrogen-bond donors (Lipinski definition) is 9. The van der Waals surface area contributed by atoms with E-state index in [0.29, 0.717) is 0 Å². The molecule has 15 heteroatoms. The fraction of sp³-hybridized carbons (Fsp3) is 0.944. The summed E-state index contributed by atoms with van der Waals surface area (Å²) in [5, 5.41) is 88.9. The Morgan fingerprint density at radius 1 is 0.818 bits per heavy atom. The number of rotatable bonds is 7. The van der Waals surface area contributed by atoms with Crippen molar-refractivity contribution in [1.82, 2.24) is 0 Å².